The number of piperazine rings is 1. The molecule has 0 N–H and O–H groups in total. The van der Waals surface area contributed by atoms with Gasteiger partial charge in [-0.15, -0.1) is 0 Å². The average molecular weight is 399 g/mol. The van der Waals surface area contributed by atoms with E-state index < -0.39 is 10.0 Å². The summed E-state index contributed by atoms with van der Waals surface area (Å²) in [6.07, 6.45) is 2.02. The molecule has 0 radical (unpaired) electrons. The number of ether oxygens (including phenoxy) is 1. The maximum Gasteiger partial charge on any atom is 0.243 e. The first-order valence-corrected chi connectivity index (χ1v) is 11.4. The zero-order valence-electron chi connectivity index (χ0n) is 15.9. The van der Waals surface area contributed by atoms with Gasteiger partial charge in [-0.2, -0.15) is 4.31 Å². The van der Waals surface area contributed by atoms with Crippen molar-refractivity contribution in [1.29, 1.82) is 0 Å². The van der Waals surface area contributed by atoms with Crippen LogP contribution in [0.5, 0.6) is 0 Å². The van der Waals surface area contributed by atoms with Gasteiger partial charge in [0.15, 0.2) is 0 Å². The Morgan fingerprint density at radius 2 is 1.46 bits per heavy atom. The van der Waals surface area contributed by atoms with E-state index in [9.17, 15) is 8.42 Å². The number of sulfonamides is 1. The van der Waals surface area contributed by atoms with Gasteiger partial charge in [0.05, 0.1) is 18.1 Å². The maximum atomic E-state index is 13.2. The van der Waals surface area contributed by atoms with Crippen molar-refractivity contribution in [3.63, 3.8) is 0 Å². The Balaban J connectivity index is 1.42. The van der Waals surface area contributed by atoms with E-state index in [0.29, 0.717) is 18.0 Å². The zero-order chi connectivity index (χ0) is 19.2. The Kier molecular flexibility index (Phi) is 4.55. The van der Waals surface area contributed by atoms with Crippen LogP contribution in [0.15, 0.2) is 65.6 Å². The molecule has 2 aromatic carbocycles. The Labute approximate surface area is 167 Å². The number of nitrogens with zero attached hydrogens (tertiary/aromatic N) is 2. The van der Waals surface area contributed by atoms with Crippen LogP contribution in [0.4, 0.5) is 0 Å². The number of hydrogen-bond donors (Lipinski definition) is 0. The van der Waals surface area contributed by atoms with Crippen LogP contribution in [0, 0.1) is 5.41 Å². The Morgan fingerprint density at radius 3 is 2.00 bits per heavy atom. The SMILES string of the molecule is O=S(=O)(c1ccccc1)N1C[C@@H]2CC3(COC3)C[C@H](C1)N2Cc1ccccc1. The highest BCUT2D eigenvalue weighted by Gasteiger charge is 2.53. The average Bonchev–Trinajstić information content (AvgIpc) is 2.68. The minimum atomic E-state index is -3.45. The smallest absolute Gasteiger partial charge is 0.243 e. The monoisotopic (exact) mass is 398 g/mol. The topological polar surface area (TPSA) is 49.9 Å². The van der Waals surface area contributed by atoms with Crippen LogP contribution >= 0.6 is 0 Å². The van der Waals surface area contributed by atoms with Gasteiger partial charge >= 0.3 is 0 Å². The molecular weight excluding hydrogens is 372 g/mol. The molecule has 2 bridgehead atoms. The fourth-order valence-corrected chi connectivity index (χ4v) is 6.65. The molecule has 1 spiro atoms. The molecule has 0 aromatic heterocycles. The first-order chi connectivity index (χ1) is 13.6. The van der Waals surface area contributed by atoms with E-state index in [1.165, 1.54) is 5.56 Å². The summed E-state index contributed by atoms with van der Waals surface area (Å²) >= 11 is 0. The summed E-state index contributed by atoms with van der Waals surface area (Å²) < 4.78 is 33.7. The summed E-state index contributed by atoms with van der Waals surface area (Å²) in [4.78, 5) is 2.93. The second-order valence-corrected chi connectivity index (χ2v) is 10.4. The predicted molar refractivity (Wildman–Crippen MR) is 107 cm³/mol. The molecule has 5 rings (SSSR count). The largest absolute Gasteiger partial charge is 0.380 e. The molecule has 0 saturated carbocycles. The molecule has 0 amide bonds. The van der Waals surface area contributed by atoms with Crippen LogP contribution in [0.3, 0.4) is 0 Å². The molecule has 0 aliphatic carbocycles. The number of piperidine rings is 1. The molecule has 28 heavy (non-hydrogen) atoms. The molecule has 3 heterocycles. The van der Waals surface area contributed by atoms with Crippen molar-refractivity contribution in [1.82, 2.24) is 9.21 Å². The standard InChI is InChI=1S/C22H26N2O3S/c25-28(26,21-9-5-2-6-10-21)23-14-19-11-22(16-27-17-22)12-20(15-23)24(19)13-18-7-3-1-4-8-18/h1-10,19-20H,11-17H2/t19-,20+. The van der Waals surface area contributed by atoms with Crippen molar-refractivity contribution in [2.24, 2.45) is 5.41 Å². The zero-order valence-corrected chi connectivity index (χ0v) is 16.7. The predicted octanol–water partition coefficient (Wildman–Crippen LogP) is 2.74. The first-order valence-electron chi connectivity index (χ1n) is 9.98. The van der Waals surface area contributed by atoms with Gasteiger partial charge in [0.25, 0.3) is 0 Å². The molecule has 3 fully saturated rings. The quantitative estimate of drug-likeness (QED) is 0.795. The van der Waals surface area contributed by atoms with Gasteiger partial charge in [-0.3, -0.25) is 4.90 Å². The first kappa shape index (κ1) is 18.3. The summed E-state index contributed by atoms with van der Waals surface area (Å²) in [6, 6.07) is 19.8. The molecule has 2 atom stereocenters. The molecule has 5 nitrogen and oxygen atoms in total. The Bertz CT molecular complexity index is 911. The van der Waals surface area contributed by atoms with E-state index in [1.807, 2.05) is 12.1 Å². The molecule has 6 heteroatoms. The number of fused-ring (bicyclic) bond motifs is 2. The maximum absolute atomic E-state index is 13.2. The Morgan fingerprint density at radius 1 is 0.893 bits per heavy atom. The van der Waals surface area contributed by atoms with E-state index in [4.69, 9.17) is 4.74 Å². The fraction of sp³-hybridized carbons (Fsp3) is 0.455. The second kappa shape index (κ2) is 6.95. The summed E-state index contributed by atoms with van der Waals surface area (Å²) in [5.41, 5.74) is 1.54. The van der Waals surface area contributed by atoms with Crippen molar-refractivity contribution < 1.29 is 13.2 Å². The van der Waals surface area contributed by atoms with Crippen molar-refractivity contribution in [2.45, 2.75) is 36.4 Å². The lowest BCUT2D eigenvalue weighted by Crippen LogP contribution is -2.67. The highest BCUT2D eigenvalue weighted by molar-refractivity contribution is 7.89. The highest BCUT2D eigenvalue weighted by atomic mass is 32.2. The summed E-state index contributed by atoms with van der Waals surface area (Å²) in [6.45, 7) is 3.65. The number of rotatable bonds is 4. The molecule has 0 unspecified atom stereocenters. The van der Waals surface area contributed by atoms with Crippen molar-refractivity contribution >= 4 is 10.0 Å². The van der Waals surface area contributed by atoms with E-state index in [2.05, 4.69) is 29.2 Å². The van der Waals surface area contributed by atoms with E-state index >= 15 is 0 Å². The Hall–Kier alpha value is -1.73. The van der Waals surface area contributed by atoms with Crippen LogP contribution < -0.4 is 0 Å². The minimum absolute atomic E-state index is 0.232. The van der Waals surface area contributed by atoms with Crippen LogP contribution in [-0.2, 0) is 21.3 Å². The number of benzene rings is 2. The molecule has 3 aliphatic rings. The van der Waals surface area contributed by atoms with E-state index in [0.717, 1.165) is 32.6 Å². The lowest BCUT2D eigenvalue weighted by atomic mass is 9.69. The fourth-order valence-electron chi connectivity index (χ4n) is 5.12. The van der Waals surface area contributed by atoms with Crippen LogP contribution in [0.2, 0.25) is 0 Å². The van der Waals surface area contributed by atoms with Gasteiger partial charge in [0.2, 0.25) is 10.0 Å². The van der Waals surface area contributed by atoms with Gasteiger partial charge in [0, 0.05) is 37.1 Å². The number of hydrogen-bond acceptors (Lipinski definition) is 4. The third kappa shape index (κ3) is 3.18. The van der Waals surface area contributed by atoms with Gasteiger partial charge in [-0.1, -0.05) is 48.5 Å². The second-order valence-electron chi connectivity index (χ2n) is 8.50. The van der Waals surface area contributed by atoms with Crippen LogP contribution in [0.1, 0.15) is 18.4 Å². The highest BCUT2D eigenvalue weighted by Crippen LogP contribution is 2.46. The van der Waals surface area contributed by atoms with Crippen LogP contribution in [-0.4, -0.2) is 56.0 Å². The minimum Gasteiger partial charge on any atom is -0.380 e. The van der Waals surface area contributed by atoms with E-state index in [1.54, 1.807) is 28.6 Å². The summed E-state index contributed by atoms with van der Waals surface area (Å²) in [5, 5.41) is 0. The molecule has 3 aliphatic heterocycles. The molecule has 3 saturated heterocycles. The van der Waals surface area contributed by atoms with Crippen molar-refractivity contribution in [2.75, 3.05) is 26.3 Å². The van der Waals surface area contributed by atoms with Crippen LogP contribution in [0.25, 0.3) is 0 Å². The summed E-state index contributed by atoms with van der Waals surface area (Å²) in [5.74, 6) is 0. The lowest BCUT2D eigenvalue weighted by molar-refractivity contribution is -0.176. The third-order valence-electron chi connectivity index (χ3n) is 6.51. The van der Waals surface area contributed by atoms with Gasteiger partial charge < -0.3 is 4.74 Å². The normalized spacial score (nSPS) is 27.4. The molecular formula is C22H26N2O3S. The third-order valence-corrected chi connectivity index (χ3v) is 8.36. The van der Waals surface area contributed by atoms with Crippen molar-refractivity contribution in [3.8, 4) is 0 Å². The van der Waals surface area contributed by atoms with E-state index in [-0.39, 0.29) is 17.5 Å². The molecule has 2 aromatic rings. The molecule has 148 valence electrons. The van der Waals surface area contributed by atoms with Gasteiger partial charge in [0.1, 0.15) is 0 Å². The van der Waals surface area contributed by atoms with Crippen molar-refractivity contribution in [3.05, 3.63) is 66.2 Å². The van der Waals surface area contributed by atoms with Gasteiger partial charge in [-0.25, -0.2) is 8.42 Å². The lowest BCUT2D eigenvalue weighted by Gasteiger charge is -2.58. The summed E-state index contributed by atoms with van der Waals surface area (Å²) in [7, 11) is -3.45. The van der Waals surface area contributed by atoms with Gasteiger partial charge in [-0.05, 0) is 30.5 Å².